The van der Waals surface area contributed by atoms with E-state index in [9.17, 15) is 4.79 Å². The Balaban J connectivity index is 4.68. The zero-order chi connectivity index (χ0) is 14.4. The fourth-order valence-corrected chi connectivity index (χ4v) is 2.58. The third-order valence-electron chi connectivity index (χ3n) is 3.33. The molecule has 1 atom stereocenters. The highest BCUT2D eigenvalue weighted by Crippen LogP contribution is 2.37. The molecule has 3 nitrogen and oxygen atoms in total. The molecule has 0 aromatic carbocycles. The zero-order valence-electron chi connectivity index (χ0n) is 12.9. The predicted octanol–water partition coefficient (Wildman–Crippen LogP) is 3.91. The largest absolute Gasteiger partial charge is 0.466 e. The van der Waals surface area contributed by atoms with Gasteiger partial charge in [-0.05, 0) is 32.0 Å². The van der Waals surface area contributed by atoms with Gasteiger partial charge in [-0.3, -0.25) is 4.79 Å². The Morgan fingerprint density at radius 1 is 1.33 bits per heavy atom. The van der Waals surface area contributed by atoms with E-state index in [1.165, 1.54) is 0 Å². The number of hydrogen-bond acceptors (Lipinski definition) is 3. The van der Waals surface area contributed by atoms with Crippen LogP contribution in [0, 0.1) is 0 Å². The van der Waals surface area contributed by atoms with Gasteiger partial charge in [0.15, 0.2) is 8.32 Å². The highest BCUT2D eigenvalue weighted by atomic mass is 28.4. The van der Waals surface area contributed by atoms with Gasteiger partial charge in [0, 0.05) is 0 Å². The molecule has 0 aliphatic heterocycles. The second kappa shape index (κ2) is 7.09. The summed E-state index contributed by atoms with van der Waals surface area (Å²) in [5, 5.41) is 0.140. The minimum atomic E-state index is -1.85. The molecule has 0 saturated carbocycles. The topological polar surface area (TPSA) is 35.5 Å². The van der Waals surface area contributed by atoms with Crippen molar-refractivity contribution >= 4 is 14.3 Å². The molecule has 0 rings (SSSR count). The Morgan fingerprint density at radius 3 is 2.28 bits per heavy atom. The molecule has 0 aliphatic rings. The van der Waals surface area contributed by atoms with Crippen molar-refractivity contribution in [3.63, 3.8) is 0 Å². The molecule has 0 heterocycles. The molecule has 18 heavy (non-hydrogen) atoms. The van der Waals surface area contributed by atoms with Gasteiger partial charge in [-0.15, -0.1) is 0 Å². The number of rotatable bonds is 6. The summed E-state index contributed by atoms with van der Waals surface area (Å²) < 4.78 is 11.2. The second-order valence-electron chi connectivity index (χ2n) is 5.95. The van der Waals surface area contributed by atoms with Gasteiger partial charge in [0.05, 0.1) is 19.1 Å². The molecule has 0 radical (unpaired) electrons. The van der Waals surface area contributed by atoms with E-state index in [4.69, 9.17) is 9.16 Å². The van der Waals surface area contributed by atoms with Crippen LogP contribution in [0.5, 0.6) is 0 Å². The van der Waals surface area contributed by atoms with Crippen molar-refractivity contribution in [2.45, 2.75) is 65.3 Å². The van der Waals surface area contributed by atoms with Gasteiger partial charge in [-0.1, -0.05) is 32.9 Å². The van der Waals surface area contributed by atoms with Crippen molar-refractivity contribution in [3.05, 3.63) is 12.2 Å². The van der Waals surface area contributed by atoms with Crippen LogP contribution in [-0.4, -0.2) is 27.0 Å². The number of hydrogen-bond donors (Lipinski definition) is 0. The Bertz CT molecular complexity index is 290. The van der Waals surface area contributed by atoms with E-state index >= 15 is 0 Å². The van der Waals surface area contributed by atoms with E-state index < -0.39 is 8.32 Å². The number of carbonyl (C=O) groups is 1. The normalized spacial score (nSPS) is 14.8. The molecule has 1 unspecified atom stereocenters. The van der Waals surface area contributed by atoms with Crippen LogP contribution < -0.4 is 0 Å². The summed E-state index contributed by atoms with van der Waals surface area (Å²) in [6, 6.07) is 0. The Hall–Kier alpha value is -0.613. The van der Waals surface area contributed by atoms with Crippen LogP contribution in [-0.2, 0) is 14.0 Å². The van der Waals surface area contributed by atoms with Gasteiger partial charge in [0.2, 0.25) is 0 Å². The Labute approximate surface area is 113 Å². The van der Waals surface area contributed by atoms with E-state index in [2.05, 4.69) is 33.9 Å². The minimum Gasteiger partial charge on any atom is -0.466 e. The maximum atomic E-state index is 11.5. The summed E-state index contributed by atoms with van der Waals surface area (Å²) in [4.78, 5) is 11.5. The van der Waals surface area contributed by atoms with Crippen LogP contribution in [0.2, 0.25) is 18.1 Å². The first-order valence-electron chi connectivity index (χ1n) is 6.60. The molecule has 106 valence electrons. The van der Waals surface area contributed by atoms with Gasteiger partial charge in [-0.25, -0.2) is 0 Å². The maximum absolute atomic E-state index is 11.5. The molecule has 0 saturated heterocycles. The summed E-state index contributed by atoms with van der Waals surface area (Å²) in [6.07, 6.45) is 3.99. The Morgan fingerprint density at radius 2 is 1.89 bits per heavy atom. The lowest BCUT2D eigenvalue weighted by atomic mass is 10.2. The van der Waals surface area contributed by atoms with Crippen LogP contribution in [0.3, 0.4) is 0 Å². The summed E-state index contributed by atoms with van der Waals surface area (Å²) in [5.74, 6) is -0.195. The molecular weight excluding hydrogens is 244 g/mol. The van der Waals surface area contributed by atoms with Crippen LogP contribution >= 0.6 is 0 Å². The molecule has 0 bridgehead atoms. The SMILES string of the molecule is C/C=C/C(CC(=O)OCC)O[Si](C)(C)C(C)(C)C. The van der Waals surface area contributed by atoms with Gasteiger partial charge in [0.25, 0.3) is 0 Å². The van der Waals surface area contributed by atoms with E-state index in [0.29, 0.717) is 13.0 Å². The third kappa shape index (κ3) is 5.82. The number of ether oxygens (including phenoxy) is 1. The summed E-state index contributed by atoms with van der Waals surface area (Å²) in [6.45, 7) is 15.1. The zero-order valence-corrected chi connectivity index (χ0v) is 13.9. The molecule has 0 spiro atoms. The maximum Gasteiger partial charge on any atom is 0.308 e. The van der Waals surface area contributed by atoms with Crippen molar-refractivity contribution in [2.24, 2.45) is 0 Å². The molecule has 0 fully saturated rings. The fourth-order valence-electron chi connectivity index (χ4n) is 1.30. The summed E-state index contributed by atoms with van der Waals surface area (Å²) in [7, 11) is -1.85. The first-order valence-corrected chi connectivity index (χ1v) is 9.51. The number of esters is 1. The predicted molar refractivity (Wildman–Crippen MR) is 78.1 cm³/mol. The Kier molecular flexibility index (Phi) is 6.85. The highest BCUT2D eigenvalue weighted by molar-refractivity contribution is 6.74. The molecule has 0 aromatic heterocycles. The lowest BCUT2D eigenvalue weighted by Crippen LogP contribution is -2.44. The van der Waals surface area contributed by atoms with E-state index in [1.54, 1.807) is 0 Å². The first-order chi connectivity index (χ1) is 8.14. The standard InChI is InChI=1S/C14H28O3Si/c1-8-10-12(11-13(15)16-9-2)17-18(6,7)14(3,4)5/h8,10,12H,9,11H2,1-7H3/b10-8+. The molecule has 0 amide bonds. The molecular formula is C14H28O3Si. The van der Waals surface area contributed by atoms with Crippen LogP contribution in [0.4, 0.5) is 0 Å². The molecule has 4 heteroatoms. The van der Waals surface area contributed by atoms with Crippen LogP contribution in [0.25, 0.3) is 0 Å². The lowest BCUT2D eigenvalue weighted by Gasteiger charge is -2.38. The van der Waals surface area contributed by atoms with Gasteiger partial charge in [0.1, 0.15) is 0 Å². The number of allylic oxidation sites excluding steroid dienone is 1. The molecule has 0 aromatic rings. The fraction of sp³-hybridized carbons (Fsp3) is 0.786. The van der Waals surface area contributed by atoms with Crippen LogP contribution in [0.1, 0.15) is 41.0 Å². The van der Waals surface area contributed by atoms with Crippen molar-refractivity contribution in [1.82, 2.24) is 0 Å². The first kappa shape index (κ1) is 17.4. The third-order valence-corrected chi connectivity index (χ3v) is 7.84. The van der Waals surface area contributed by atoms with Gasteiger partial charge >= 0.3 is 5.97 Å². The van der Waals surface area contributed by atoms with Crippen molar-refractivity contribution in [1.29, 1.82) is 0 Å². The van der Waals surface area contributed by atoms with Crippen molar-refractivity contribution in [2.75, 3.05) is 6.61 Å². The average Bonchev–Trinajstić information content (AvgIpc) is 2.15. The van der Waals surface area contributed by atoms with E-state index in [1.807, 2.05) is 26.0 Å². The highest BCUT2D eigenvalue weighted by Gasteiger charge is 2.39. The monoisotopic (exact) mass is 272 g/mol. The van der Waals surface area contributed by atoms with Crippen molar-refractivity contribution in [3.8, 4) is 0 Å². The van der Waals surface area contributed by atoms with E-state index in [0.717, 1.165) is 0 Å². The van der Waals surface area contributed by atoms with Gasteiger partial charge < -0.3 is 9.16 Å². The van der Waals surface area contributed by atoms with E-state index in [-0.39, 0.29) is 17.1 Å². The average molecular weight is 272 g/mol. The molecule has 0 N–H and O–H groups in total. The lowest BCUT2D eigenvalue weighted by molar-refractivity contribution is -0.144. The summed E-state index contributed by atoms with van der Waals surface area (Å²) >= 11 is 0. The second-order valence-corrected chi connectivity index (χ2v) is 10.7. The quantitative estimate of drug-likeness (QED) is 0.418. The number of carbonyl (C=O) groups excluding carboxylic acids is 1. The molecule has 0 aliphatic carbocycles. The van der Waals surface area contributed by atoms with Gasteiger partial charge in [-0.2, -0.15) is 0 Å². The van der Waals surface area contributed by atoms with Crippen LogP contribution in [0.15, 0.2) is 12.2 Å². The minimum absolute atomic E-state index is 0.140. The smallest absolute Gasteiger partial charge is 0.308 e. The van der Waals surface area contributed by atoms with Crippen molar-refractivity contribution < 1.29 is 14.0 Å². The summed E-state index contributed by atoms with van der Waals surface area (Å²) in [5.41, 5.74) is 0.